The lowest BCUT2D eigenvalue weighted by Crippen LogP contribution is -2.18. The minimum atomic E-state index is -4.84. The number of amides is 1. The van der Waals surface area contributed by atoms with Crippen LogP contribution in [0.5, 0.6) is 0 Å². The van der Waals surface area contributed by atoms with E-state index in [1.807, 2.05) is 0 Å². The Kier molecular flexibility index (Phi) is 3.42. The predicted molar refractivity (Wildman–Crippen MR) is 49.2 cm³/mol. The third-order valence-corrected chi connectivity index (χ3v) is 2.31. The maximum atomic E-state index is 12.9. The highest BCUT2D eigenvalue weighted by Gasteiger charge is 2.34. The number of primary amides is 1. The van der Waals surface area contributed by atoms with Crippen molar-refractivity contribution in [2.45, 2.75) is 11.6 Å². The van der Waals surface area contributed by atoms with Crippen molar-refractivity contribution in [3.63, 3.8) is 0 Å². The van der Waals surface area contributed by atoms with Gasteiger partial charge in [0.05, 0.1) is 5.56 Å². The number of carbonyl (C=O) groups is 1. The summed E-state index contributed by atoms with van der Waals surface area (Å²) in [5.41, 5.74) is 3.15. The zero-order valence-corrected chi connectivity index (χ0v) is 8.44. The molecule has 0 radical (unpaired) electrons. The van der Waals surface area contributed by atoms with Crippen molar-refractivity contribution < 1.29 is 22.4 Å². The average Bonchev–Trinajstić information content (AvgIpc) is 2.15. The Balaban J connectivity index is 3.23. The highest BCUT2D eigenvalue weighted by molar-refractivity contribution is 6.30. The first-order chi connectivity index (χ1) is 7.23. The van der Waals surface area contributed by atoms with E-state index in [4.69, 9.17) is 17.3 Å². The zero-order chi connectivity index (χ0) is 12.5. The summed E-state index contributed by atoms with van der Waals surface area (Å²) in [4.78, 5) is 10.7. The molecule has 1 atom stereocenters. The Morgan fingerprint density at radius 3 is 2.38 bits per heavy atom. The Bertz CT molecular complexity index is 418. The van der Waals surface area contributed by atoms with Gasteiger partial charge in [0.1, 0.15) is 11.2 Å². The van der Waals surface area contributed by atoms with Gasteiger partial charge in [-0.2, -0.15) is 13.2 Å². The fraction of sp³-hybridized carbons (Fsp3) is 0.222. The van der Waals surface area contributed by atoms with Crippen LogP contribution in [0.2, 0.25) is 0 Å². The lowest BCUT2D eigenvalue weighted by molar-refractivity contribution is -0.140. The molecule has 88 valence electrons. The molecule has 2 nitrogen and oxygen atoms in total. The molecule has 2 N–H and O–H groups in total. The largest absolute Gasteiger partial charge is 0.419 e. The first kappa shape index (κ1) is 12.8. The molecule has 0 heterocycles. The molecule has 0 saturated carbocycles. The number of hydrogen-bond acceptors (Lipinski definition) is 1. The van der Waals surface area contributed by atoms with Crippen LogP contribution in [-0.2, 0) is 11.0 Å². The summed E-state index contributed by atoms with van der Waals surface area (Å²) >= 11 is 5.45. The zero-order valence-electron chi connectivity index (χ0n) is 7.68. The Morgan fingerprint density at radius 1 is 1.38 bits per heavy atom. The molecule has 16 heavy (non-hydrogen) atoms. The summed E-state index contributed by atoms with van der Waals surface area (Å²) in [6, 6.07) is 2.04. The van der Waals surface area contributed by atoms with E-state index in [9.17, 15) is 22.4 Å². The number of carbonyl (C=O) groups excluding carboxylic acids is 1. The summed E-state index contributed by atoms with van der Waals surface area (Å²) in [5.74, 6) is -2.43. The molecule has 0 aliphatic rings. The van der Waals surface area contributed by atoms with Crippen molar-refractivity contribution in [2.75, 3.05) is 0 Å². The molecule has 0 aromatic heterocycles. The molecule has 0 saturated heterocycles. The third-order valence-electron chi connectivity index (χ3n) is 1.84. The molecule has 0 bridgehead atoms. The van der Waals surface area contributed by atoms with E-state index in [0.717, 1.165) is 6.07 Å². The maximum absolute atomic E-state index is 12.9. The summed E-state index contributed by atoms with van der Waals surface area (Å²) in [7, 11) is 0. The number of halogens is 5. The van der Waals surface area contributed by atoms with E-state index in [1.165, 1.54) is 0 Å². The maximum Gasteiger partial charge on any atom is 0.419 e. The highest BCUT2D eigenvalue weighted by Crippen LogP contribution is 2.33. The van der Waals surface area contributed by atoms with E-state index in [1.54, 1.807) is 0 Å². The van der Waals surface area contributed by atoms with Crippen molar-refractivity contribution in [1.82, 2.24) is 0 Å². The average molecular weight is 256 g/mol. The molecule has 1 unspecified atom stereocenters. The van der Waals surface area contributed by atoms with Gasteiger partial charge in [0.25, 0.3) is 0 Å². The quantitative estimate of drug-likeness (QED) is 0.641. The second-order valence-corrected chi connectivity index (χ2v) is 3.44. The minimum absolute atomic E-state index is 0.192. The smallest absolute Gasteiger partial charge is 0.368 e. The first-order valence-corrected chi connectivity index (χ1v) is 4.47. The van der Waals surface area contributed by atoms with E-state index in [-0.39, 0.29) is 5.56 Å². The summed E-state index contributed by atoms with van der Waals surface area (Å²) in [5, 5.41) is -1.42. The van der Waals surface area contributed by atoms with Crippen LogP contribution in [0.1, 0.15) is 16.5 Å². The van der Waals surface area contributed by atoms with Crippen LogP contribution in [0.15, 0.2) is 18.2 Å². The summed E-state index contributed by atoms with van der Waals surface area (Å²) in [6.45, 7) is 0. The molecule has 1 aromatic carbocycles. The summed E-state index contributed by atoms with van der Waals surface area (Å²) in [6.07, 6.45) is -4.84. The van der Waals surface area contributed by atoms with Gasteiger partial charge in [-0.05, 0) is 17.7 Å². The normalized spacial score (nSPS) is 13.6. The Morgan fingerprint density at radius 2 is 1.94 bits per heavy atom. The van der Waals surface area contributed by atoms with Crippen LogP contribution in [-0.4, -0.2) is 5.91 Å². The molecule has 0 spiro atoms. The first-order valence-electron chi connectivity index (χ1n) is 4.03. The van der Waals surface area contributed by atoms with Gasteiger partial charge in [-0.25, -0.2) is 4.39 Å². The van der Waals surface area contributed by atoms with Crippen LogP contribution in [0, 0.1) is 5.82 Å². The third kappa shape index (κ3) is 2.63. The van der Waals surface area contributed by atoms with Gasteiger partial charge in [0.2, 0.25) is 5.91 Å². The van der Waals surface area contributed by atoms with Crippen LogP contribution < -0.4 is 5.73 Å². The van der Waals surface area contributed by atoms with Gasteiger partial charge < -0.3 is 5.73 Å². The molecular weight excluding hydrogens is 250 g/mol. The monoisotopic (exact) mass is 255 g/mol. The van der Waals surface area contributed by atoms with Crippen LogP contribution in [0.4, 0.5) is 17.6 Å². The van der Waals surface area contributed by atoms with Gasteiger partial charge in [0, 0.05) is 0 Å². The Hall–Kier alpha value is -1.30. The minimum Gasteiger partial charge on any atom is -0.368 e. The number of hydrogen-bond donors (Lipinski definition) is 1. The van der Waals surface area contributed by atoms with Crippen LogP contribution >= 0.6 is 11.6 Å². The van der Waals surface area contributed by atoms with Gasteiger partial charge in [-0.1, -0.05) is 6.07 Å². The van der Waals surface area contributed by atoms with Crippen molar-refractivity contribution >= 4 is 17.5 Å². The van der Waals surface area contributed by atoms with Crippen molar-refractivity contribution in [3.05, 3.63) is 35.1 Å². The second kappa shape index (κ2) is 4.29. The lowest BCUT2D eigenvalue weighted by atomic mass is 10.1. The number of rotatable bonds is 2. The number of alkyl halides is 4. The van der Waals surface area contributed by atoms with Gasteiger partial charge in [-0.15, -0.1) is 11.6 Å². The van der Waals surface area contributed by atoms with Crippen LogP contribution in [0.25, 0.3) is 0 Å². The number of benzene rings is 1. The molecule has 1 aromatic rings. The molecule has 0 aliphatic heterocycles. The lowest BCUT2D eigenvalue weighted by Gasteiger charge is -2.11. The fourth-order valence-corrected chi connectivity index (χ4v) is 1.22. The molecule has 1 amide bonds. The molecule has 7 heteroatoms. The SMILES string of the molecule is NC(=O)C(Cl)c1ccc(F)c(C(F)(F)F)c1. The van der Waals surface area contributed by atoms with Gasteiger partial charge in [-0.3, -0.25) is 4.79 Å². The van der Waals surface area contributed by atoms with Crippen LogP contribution in [0.3, 0.4) is 0 Å². The van der Waals surface area contributed by atoms with E-state index in [2.05, 4.69) is 0 Å². The Labute approximate surface area is 93.0 Å². The van der Waals surface area contributed by atoms with E-state index >= 15 is 0 Å². The fourth-order valence-electron chi connectivity index (χ4n) is 1.08. The van der Waals surface area contributed by atoms with E-state index < -0.39 is 28.8 Å². The molecule has 0 aliphatic carbocycles. The topological polar surface area (TPSA) is 43.1 Å². The van der Waals surface area contributed by atoms with Crippen molar-refractivity contribution in [1.29, 1.82) is 0 Å². The molecule has 1 rings (SSSR count). The van der Waals surface area contributed by atoms with E-state index in [0.29, 0.717) is 12.1 Å². The number of nitrogens with two attached hydrogens (primary N) is 1. The standard InChI is InChI=1S/C9H6ClF4NO/c10-7(8(15)16)4-1-2-6(11)5(3-4)9(12,13)14/h1-3,7H,(H2,15,16). The van der Waals surface area contributed by atoms with Crippen molar-refractivity contribution in [3.8, 4) is 0 Å². The van der Waals surface area contributed by atoms with Gasteiger partial charge in [0.15, 0.2) is 0 Å². The van der Waals surface area contributed by atoms with Gasteiger partial charge >= 0.3 is 6.18 Å². The predicted octanol–water partition coefficient (Wildman–Crippen LogP) is 2.61. The molecule has 0 fully saturated rings. The van der Waals surface area contributed by atoms with Crippen molar-refractivity contribution in [2.24, 2.45) is 5.73 Å². The highest BCUT2D eigenvalue weighted by atomic mass is 35.5. The summed E-state index contributed by atoms with van der Waals surface area (Å²) < 4.78 is 49.7. The molecular formula is C9H6ClF4NO. The second-order valence-electron chi connectivity index (χ2n) is 3.00.